The molecule has 0 unspecified atom stereocenters. The molecule has 0 bridgehead atoms. The lowest BCUT2D eigenvalue weighted by atomic mass is 10.1. The lowest BCUT2D eigenvalue weighted by Gasteiger charge is -2.18. The first-order valence-electron chi connectivity index (χ1n) is 11.0. The molecule has 1 N–H and O–H groups in total. The fourth-order valence-electron chi connectivity index (χ4n) is 3.74. The first kappa shape index (κ1) is 21.9. The number of nitrogens with zero attached hydrogens (tertiary/aromatic N) is 3. The van der Waals surface area contributed by atoms with Crippen molar-refractivity contribution >= 4 is 34.3 Å². The Morgan fingerprint density at radius 1 is 1.06 bits per heavy atom. The summed E-state index contributed by atoms with van der Waals surface area (Å²) in [5.74, 6) is 0.501. The second kappa shape index (κ2) is 9.11. The highest BCUT2D eigenvalue weighted by Crippen LogP contribution is 2.33. The molecular formula is C27H24N4O2S. The Balaban J connectivity index is 1.69. The fourth-order valence-corrected chi connectivity index (χ4v) is 4.59. The summed E-state index contributed by atoms with van der Waals surface area (Å²) < 4.78 is 7.40. The lowest BCUT2D eigenvalue weighted by molar-refractivity contribution is -0.118. The van der Waals surface area contributed by atoms with Gasteiger partial charge in [-0.25, -0.2) is 9.67 Å². The number of aryl methyl sites for hydroxylation is 2. The molecule has 1 aliphatic rings. The van der Waals surface area contributed by atoms with E-state index >= 15 is 0 Å². The van der Waals surface area contributed by atoms with Crippen LogP contribution in [0.2, 0.25) is 0 Å². The second-order valence-corrected chi connectivity index (χ2v) is 9.05. The number of fused-ring (bicyclic) bond motifs is 1. The number of benzene rings is 3. The first-order valence-corrected chi connectivity index (χ1v) is 11.9. The molecule has 0 fully saturated rings. The number of hydrogen-bond acceptors (Lipinski definition) is 5. The summed E-state index contributed by atoms with van der Waals surface area (Å²) in [6, 6.07) is 22.1. The van der Waals surface area contributed by atoms with Gasteiger partial charge in [-0.3, -0.25) is 4.79 Å². The standard InChI is InChI=1S/C27H24N4O2S/c1-17-9-10-18(2)22(13-17)29-27-31(30-19(3)20-7-5-4-6-8-20)24(16-34-27)21-11-12-25-23(14-21)28-26(32)15-33-25/h4-14,16H,15H2,1-3H3,(H,28,32). The van der Waals surface area contributed by atoms with E-state index in [1.54, 1.807) is 0 Å². The third-order valence-corrected chi connectivity index (χ3v) is 6.43. The van der Waals surface area contributed by atoms with Crippen LogP contribution in [0.25, 0.3) is 11.3 Å². The van der Waals surface area contributed by atoms with Crippen molar-refractivity contribution in [1.29, 1.82) is 0 Å². The van der Waals surface area contributed by atoms with Gasteiger partial charge in [-0.1, -0.05) is 42.5 Å². The maximum Gasteiger partial charge on any atom is 0.262 e. The summed E-state index contributed by atoms with van der Waals surface area (Å²) in [6.07, 6.45) is 0. The topological polar surface area (TPSA) is 68.0 Å². The molecule has 0 aliphatic carbocycles. The van der Waals surface area contributed by atoms with Gasteiger partial charge in [0.15, 0.2) is 6.61 Å². The number of amides is 1. The molecule has 0 atom stereocenters. The minimum absolute atomic E-state index is 0.0320. The molecule has 1 aromatic heterocycles. The quantitative estimate of drug-likeness (QED) is 0.392. The minimum Gasteiger partial charge on any atom is -0.482 e. The van der Waals surface area contributed by atoms with Crippen LogP contribution in [0.4, 0.5) is 11.4 Å². The maximum atomic E-state index is 11.8. The second-order valence-electron chi connectivity index (χ2n) is 8.22. The number of rotatable bonds is 4. The molecule has 1 amide bonds. The van der Waals surface area contributed by atoms with Crippen LogP contribution in [0.15, 0.2) is 82.2 Å². The third-order valence-electron chi connectivity index (χ3n) is 5.62. The number of anilines is 1. The predicted octanol–water partition coefficient (Wildman–Crippen LogP) is 5.67. The van der Waals surface area contributed by atoms with Crippen molar-refractivity contribution in [1.82, 2.24) is 4.68 Å². The zero-order valence-electron chi connectivity index (χ0n) is 19.2. The van der Waals surface area contributed by atoms with Gasteiger partial charge in [0.05, 0.1) is 22.8 Å². The van der Waals surface area contributed by atoms with E-state index in [0.29, 0.717) is 11.4 Å². The minimum atomic E-state index is -0.161. The van der Waals surface area contributed by atoms with Crippen LogP contribution in [0.1, 0.15) is 23.6 Å². The highest BCUT2D eigenvalue weighted by atomic mass is 32.1. The number of hydrogen-bond donors (Lipinski definition) is 1. The van der Waals surface area contributed by atoms with Gasteiger partial charge in [0.1, 0.15) is 5.75 Å². The van der Waals surface area contributed by atoms with Crippen LogP contribution in [0.5, 0.6) is 5.75 Å². The van der Waals surface area contributed by atoms with Crippen LogP contribution in [-0.4, -0.2) is 22.9 Å². The Hall–Kier alpha value is -3.97. The van der Waals surface area contributed by atoms with Crippen LogP contribution < -0.4 is 14.9 Å². The molecule has 2 heterocycles. The number of thiazole rings is 1. The van der Waals surface area contributed by atoms with Crippen molar-refractivity contribution in [2.75, 3.05) is 11.9 Å². The summed E-state index contributed by atoms with van der Waals surface area (Å²) in [5.41, 5.74) is 7.53. The van der Waals surface area contributed by atoms with E-state index in [-0.39, 0.29) is 12.5 Å². The van der Waals surface area contributed by atoms with Crippen LogP contribution in [0.3, 0.4) is 0 Å². The SMILES string of the molecule is CC(=Nn1c(-c2ccc3c(c2)NC(=O)CO3)csc1=Nc1cc(C)ccc1C)c1ccccc1. The Kier molecular flexibility index (Phi) is 5.86. The van der Waals surface area contributed by atoms with Crippen LogP contribution in [-0.2, 0) is 4.79 Å². The molecule has 6 nitrogen and oxygen atoms in total. The molecule has 3 aromatic carbocycles. The molecule has 0 spiro atoms. The lowest BCUT2D eigenvalue weighted by Crippen LogP contribution is -2.25. The molecule has 0 radical (unpaired) electrons. The van der Waals surface area contributed by atoms with E-state index in [0.717, 1.165) is 44.1 Å². The van der Waals surface area contributed by atoms with Crippen molar-refractivity contribution < 1.29 is 9.53 Å². The van der Waals surface area contributed by atoms with Gasteiger partial charge in [0.25, 0.3) is 5.91 Å². The Morgan fingerprint density at radius 2 is 1.88 bits per heavy atom. The first-order chi connectivity index (χ1) is 16.5. The number of nitrogens with one attached hydrogen (secondary N) is 1. The van der Waals surface area contributed by atoms with Crippen LogP contribution >= 0.6 is 11.3 Å². The van der Waals surface area contributed by atoms with Gasteiger partial charge in [-0.15, -0.1) is 11.3 Å². The van der Waals surface area contributed by atoms with Gasteiger partial charge in [0.2, 0.25) is 4.80 Å². The van der Waals surface area contributed by atoms with E-state index in [9.17, 15) is 4.79 Å². The molecule has 170 valence electrons. The Morgan fingerprint density at radius 3 is 2.71 bits per heavy atom. The van der Waals surface area contributed by atoms with Crippen LogP contribution in [0, 0.1) is 13.8 Å². The smallest absolute Gasteiger partial charge is 0.262 e. The molecule has 7 heteroatoms. The summed E-state index contributed by atoms with van der Waals surface area (Å²) in [7, 11) is 0. The molecule has 34 heavy (non-hydrogen) atoms. The number of carbonyl (C=O) groups excluding carboxylic acids is 1. The zero-order valence-corrected chi connectivity index (χ0v) is 20.0. The Labute approximate surface area is 201 Å². The number of ether oxygens (including phenoxy) is 1. The van der Waals surface area contributed by atoms with Gasteiger partial charge in [-0.2, -0.15) is 5.10 Å². The third kappa shape index (κ3) is 4.43. The molecular weight excluding hydrogens is 444 g/mol. The summed E-state index contributed by atoms with van der Waals surface area (Å²) in [5, 5.41) is 9.90. The largest absolute Gasteiger partial charge is 0.482 e. The van der Waals surface area contributed by atoms with E-state index < -0.39 is 0 Å². The number of carbonyl (C=O) groups is 1. The fraction of sp³-hybridized carbons (Fsp3) is 0.148. The van der Waals surface area contributed by atoms with Gasteiger partial charge in [-0.05, 0) is 61.7 Å². The molecule has 0 saturated heterocycles. The summed E-state index contributed by atoms with van der Waals surface area (Å²) in [6.45, 7) is 6.14. The van der Waals surface area contributed by atoms with Crippen molar-refractivity contribution in [2.24, 2.45) is 10.1 Å². The average Bonchev–Trinajstić information content (AvgIpc) is 3.23. The van der Waals surface area contributed by atoms with Gasteiger partial charge >= 0.3 is 0 Å². The van der Waals surface area contributed by atoms with E-state index in [1.165, 1.54) is 11.3 Å². The van der Waals surface area contributed by atoms with E-state index in [4.69, 9.17) is 14.8 Å². The highest BCUT2D eigenvalue weighted by molar-refractivity contribution is 7.07. The van der Waals surface area contributed by atoms with E-state index in [2.05, 4.69) is 37.4 Å². The normalized spacial score (nSPS) is 13.9. The van der Waals surface area contributed by atoms with Crippen molar-refractivity contribution in [2.45, 2.75) is 20.8 Å². The predicted molar refractivity (Wildman–Crippen MR) is 137 cm³/mol. The molecule has 4 aromatic rings. The van der Waals surface area contributed by atoms with Gasteiger partial charge in [0, 0.05) is 10.9 Å². The summed E-state index contributed by atoms with van der Waals surface area (Å²) >= 11 is 1.53. The summed E-state index contributed by atoms with van der Waals surface area (Å²) in [4.78, 5) is 17.6. The molecule has 1 aliphatic heterocycles. The highest BCUT2D eigenvalue weighted by Gasteiger charge is 2.18. The average molecular weight is 469 g/mol. The van der Waals surface area contributed by atoms with E-state index in [1.807, 2.05) is 65.5 Å². The van der Waals surface area contributed by atoms with Crippen molar-refractivity contribution in [3.8, 4) is 17.0 Å². The monoisotopic (exact) mass is 468 g/mol. The van der Waals surface area contributed by atoms with Crippen molar-refractivity contribution in [3.63, 3.8) is 0 Å². The van der Waals surface area contributed by atoms with Gasteiger partial charge < -0.3 is 10.1 Å². The maximum absolute atomic E-state index is 11.8. The molecule has 5 rings (SSSR count). The number of aromatic nitrogens is 1. The zero-order chi connectivity index (χ0) is 23.7. The Bertz CT molecular complexity index is 1480. The van der Waals surface area contributed by atoms with Crippen molar-refractivity contribution in [3.05, 3.63) is 93.6 Å². The molecule has 0 saturated carbocycles.